The van der Waals surface area contributed by atoms with Gasteiger partial charge in [0.2, 0.25) is 0 Å². The molecule has 3 rings (SSSR count). The fourth-order valence-electron chi connectivity index (χ4n) is 3.62. The molecule has 120 valence electrons. The molecule has 2 aliphatic rings. The average molecular weight is 303 g/mol. The molecule has 1 atom stereocenters. The Hall–Kier alpha value is -1.62. The van der Waals surface area contributed by atoms with Crippen LogP contribution >= 0.6 is 0 Å². The number of aromatic nitrogens is 1. The minimum atomic E-state index is -0.174. The lowest BCUT2D eigenvalue weighted by Crippen LogP contribution is -2.44. The number of piperidine rings is 1. The van der Waals surface area contributed by atoms with Gasteiger partial charge in [0.25, 0.3) is 0 Å². The van der Waals surface area contributed by atoms with Gasteiger partial charge in [-0.15, -0.1) is 0 Å². The van der Waals surface area contributed by atoms with E-state index in [4.69, 9.17) is 4.74 Å². The molecule has 0 spiro atoms. The molecule has 1 aromatic rings. The van der Waals surface area contributed by atoms with Gasteiger partial charge in [-0.3, -0.25) is 4.98 Å². The van der Waals surface area contributed by atoms with Crippen LogP contribution in [0.5, 0.6) is 0 Å². The summed E-state index contributed by atoms with van der Waals surface area (Å²) in [6.07, 6.45) is 6.13. The van der Waals surface area contributed by atoms with E-state index in [1.165, 1.54) is 12.8 Å². The summed E-state index contributed by atoms with van der Waals surface area (Å²) in [5, 5.41) is 0. The number of pyridine rings is 1. The van der Waals surface area contributed by atoms with E-state index in [1.807, 2.05) is 23.1 Å². The van der Waals surface area contributed by atoms with Crippen LogP contribution in [0.15, 0.2) is 24.4 Å². The van der Waals surface area contributed by atoms with Crippen LogP contribution in [0.2, 0.25) is 0 Å². The lowest BCUT2D eigenvalue weighted by Gasteiger charge is -2.36. The van der Waals surface area contributed by atoms with Gasteiger partial charge in [-0.05, 0) is 63.9 Å². The molecular weight excluding hydrogens is 278 g/mol. The standard InChI is InChI=1S/C17H25N3O2/c1-19-11-7-14(8-12-19)16-6-4-10-20(16)17(21)22-13-15-5-2-3-9-18-15/h2-3,5,9,14,16H,4,6-8,10-13H2,1H3. The van der Waals surface area contributed by atoms with E-state index in [-0.39, 0.29) is 12.7 Å². The minimum absolute atomic E-state index is 0.174. The fourth-order valence-corrected chi connectivity index (χ4v) is 3.62. The van der Waals surface area contributed by atoms with Gasteiger partial charge in [-0.25, -0.2) is 4.79 Å². The highest BCUT2D eigenvalue weighted by Gasteiger charge is 2.36. The molecule has 2 fully saturated rings. The van der Waals surface area contributed by atoms with Crippen LogP contribution in [0.4, 0.5) is 4.79 Å². The van der Waals surface area contributed by atoms with Gasteiger partial charge in [-0.1, -0.05) is 6.07 Å². The number of likely N-dealkylation sites (tertiary alicyclic amines) is 2. The second-order valence-corrected chi connectivity index (χ2v) is 6.42. The normalized spacial score (nSPS) is 23.7. The van der Waals surface area contributed by atoms with Crippen molar-refractivity contribution < 1.29 is 9.53 Å². The number of carbonyl (C=O) groups excluding carboxylic acids is 1. The van der Waals surface area contributed by atoms with Gasteiger partial charge in [0.05, 0.1) is 5.69 Å². The van der Waals surface area contributed by atoms with Crippen molar-refractivity contribution in [1.82, 2.24) is 14.8 Å². The predicted octanol–water partition coefficient (Wildman–Crippen LogP) is 2.52. The Morgan fingerprint density at radius 1 is 1.27 bits per heavy atom. The van der Waals surface area contributed by atoms with Gasteiger partial charge >= 0.3 is 6.09 Å². The Kier molecular flexibility index (Phi) is 4.93. The van der Waals surface area contributed by atoms with Gasteiger partial charge in [-0.2, -0.15) is 0 Å². The number of carbonyl (C=O) groups is 1. The molecule has 2 aliphatic heterocycles. The largest absolute Gasteiger partial charge is 0.443 e. The van der Waals surface area contributed by atoms with Crippen LogP contribution in [0.3, 0.4) is 0 Å². The first kappa shape index (κ1) is 15.3. The van der Waals surface area contributed by atoms with Crippen molar-refractivity contribution in [3.05, 3.63) is 30.1 Å². The Labute approximate surface area is 132 Å². The Morgan fingerprint density at radius 3 is 2.82 bits per heavy atom. The molecule has 0 radical (unpaired) electrons. The van der Waals surface area contributed by atoms with Crippen molar-refractivity contribution in [2.45, 2.75) is 38.3 Å². The molecule has 1 amide bonds. The Balaban J connectivity index is 1.54. The highest BCUT2D eigenvalue weighted by molar-refractivity contribution is 5.68. The second kappa shape index (κ2) is 7.09. The number of amides is 1. The fraction of sp³-hybridized carbons (Fsp3) is 0.647. The number of ether oxygens (including phenoxy) is 1. The number of hydrogen-bond acceptors (Lipinski definition) is 4. The Morgan fingerprint density at radius 2 is 2.09 bits per heavy atom. The molecule has 5 nitrogen and oxygen atoms in total. The number of hydrogen-bond donors (Lipinski definition) is 0. The summed E-state index contributed by atoms with van der Waals surface area (Å²) in [4.78, 5) is 20.9. The first-order valence-corrected chi connectivity index (χ1v) is 8.26. The van der Waals surface area contributed by atoms with Crippen LogP contribution in [0.1, 0.15) is 31.4 Å². The quantitative estimate of drug-likeness (QED) is 0.861. The molecule has 0 N–H and O–H groups in total. The SMILES string of the molecule is CN1CCC(C2CCCN2C(=O)OCc2ccccn2)CC1. The molecule has 0 aliphatic carbocycles. The van der Waals surface area contributed by atoms with Crippen molar-refractivity contribution >= 4 is 6.09 Å². The molecule has 3 heterocycles. The molecular formula is C17H25N3O2. The van der Waals surface area contributed by atoms with Crippen LogP contribution in [0.25, 0.3) is 0 Å². The van der Waals surface area contributed by atoms with E-state index in [2.05, 4.69) is 16.9 Å². The van der Waals surface area contributed by atoms with Crippen LogP contribution in [0, 0.1) is 5.92 Å². The van der Waals surface area contributed by atoms with E-state index in [0.717, 1.165) is 38.2 Å². The van der Waals surface area contributed by atoms with Gasteiger partial charge in [0.15, 0.2) is 0 Å². The summed E-state index contributed by atoms with van der Waals surface area (Å²) >= 11 is 0. The van der Waals surface area contributed by atoms with E-state index < -0.39 is 0 Å². The van der Waals surface area contributed by atoms with Crippen LogP contribution < -0.4 is 0 Å². The maximum Gasteiger partial charge on any atom is 0.410 e. The highest BCUT2D eigenvalue weighted by Crippen LogP contribution is 2.31. The van der Waals surface area contributed by atoms with E-state index >= 15 is 0 Å². The third kappa shape index (κ3) is 3.58. The maximum atomic E-state index is 12.4. The van der Waals surface area contributed by atoms with Crippen molar-refractivity contribution in [3.63, 3.8) is 0 Å². The van der Waals surface area contributed by atoms with Gasteiger partial charge in [0.1, 0.15) is 6.61 Å². The summed E-state index contributed by atoms with van der Waals surface area (Å²) < 4.78 is 5.47. The monoisotopic (exact) mass is 303 g/mol. The first-order chi connectivity index (χ1) is 10.7. The molecule has 0 aromatic carbocycles. The van der Waals surface area contributed by atoms with Crippen LogP contribution in [-0.2, 0) is 11.3 Å². The number of nitrogens with zero attached hydrogens (tertiary/aromatic N) is 3. The number of rotatable bonds is 3. The summed E-state index contributed by atoms with van der Waals surface area (Å²) in [6, 6.07) is 6.02. The van der Waals surface area contributed by atoms with E-state index in [1.54, 1.807) is 6.20 Å². The van der Waals surface area contributed by atoms with Crippen molar-refractivity contribution in [3.8, 4) is 0 Å². The molecule has 1 unspecified atom stereocenters. The lowest BCUT2D eigenvalue weighted by molar-refractivity contribution is 0.0701. The maximum absolute atomic E-state index is 12.4. The van der Waals surface area contributed by atoms with E-state index in [0.29, 0.717) is 12.0 Å². The Bertz CT molecular complexity index is 486. The molecule has 2 saturated heterocycles. The third-order valence-electron chi connectivity index (χ3n) is 4.91. The smallest absolute Gasteiger partial charge is 0.410 e. The first-order valence-electron chi connectivity index (χ1n) is 8.26. The lowest BCUT2D eigenvalue weighted by atomic mass is 9.88. The molecule has 1 aromatic heterocycles. The van der Waals surface area contributed by atoms with Gasteiger partial charge in [0, 0.05) is 18.8 Å². The zero-order valence-electron chi connectivity index (χ0n) is 13.3. The third-order valence-corrected chi connectivity index (χ3v) is 4.91. The van der Waals surface area contributed by atoms with Crippen molar-refractivity contribution in [2.75, 3.05) is 26.7 Å². The molecule has 0 saturated carbocycles. The molecule has 22 heavy (non-hydrogen) atoms. The summed E-state index contributed by atoms with van der Waals surface area (Å²) in [6.45, 7) is 3.37. The zero-order chi connectivity index (χ0) is 15.4. The average Bonchev–Trinajstić information content (AvgIpc) is 3.04. The second-order valence-electron chi connectivity index (χ2n) is 6.42. The molecule has 5 heteroatoms. The van der Waals surface area contributed by atoms with E-state index in [9.17, 15) is 4.79 Å². The van der Waals surface area contributed by atoms with Crippen LogP contribution in [-0.4, -0.2) is 53.6 Å². The summed E-state index contributed by atoms with van der Waals surface area (Å²) in [5.41, 5.74) is 0.797. The van der Waals surface area contributed by atoms with Crippen molar-refractivity contribution in [1.29, 1.82) is 0 Å². The topological polar surface area (TPSA) is 45.7 Å². The summed E-state index contributed by atoms with van der Waals surface area (Å²) in [5.74, 6) is 0.626. The zero-order valence-corrected chi connectivity index (χ0v) is 13.3. The van der Waals surface area contributed by atoms with Gasteiger partial charge < -0.3 is 14.5 Å². The summed E-state index contributed by atoms with van der Waals surface area (Å²) in [7, 11) is 2.17. The highest BCUT2D eigenvalue weighted by atomic mass is 16.6. The minimum Gasteiger partial charge on any atom is -0.443 e. The van der Waals surface area contributed by atoms with Crippen molar-refractivity contribution in [2.24, 2.45) is 5.92 Å². The predicted molar refractivity (Wildman–Crippen MR) is 84.4 cm³/mol. The molecule has 0 bridgehead atoms.